The molecular formula is C18H21N3O3. The number of amides is 1. The predicted molar refractivity (Wildman–Crippen MR) is 88.9 cm³/mol. The Balaban J connectivity index is 1.44. The molecule has 2 fully saturated rings. The summed E-state index contributed by atoms with van der Waals surface area (Å²) in [5.41, 5.74) is 0. The van der Waals surface area contributed by atoms with Gasteiger partial charge >= 0.3 is 0 Å². The number of carbonyl (C=O) groups excluding carboxylic acids is 1. The van der Waals surface area contributed by atoms with E-state index < -0.39 is 0 Å². The summed E-state index contributed by atoms with van der Waals surface area (Å²) in [5.74, 6) is 1.70. The Hall–Kier alpha value is -2.34. The summed E-state index contributed by atoms with van der Waals surface area (Å²) < 4.78 is 11.3. The number of furan rings is 1. The zero-order valence-electron chi connectivity index (χ0n) is 13.5. The largest absolute Gasteiger partial charge is 0.459 e. The van der Waals surface area contributed by atoms with Crippen molar-refractivity contribution in [3.8, 4) is 0 Å². The van der Waals surface area contributed by atoms with E-state index in [1.807, 2.05) is 29.3 Å². The van der Waals surface area contributed by atoms with Crippen LogP contribution in [0.5, 0.6) is 0 Å². The van der Waals surface area contributed by atoms with Crippen molar-refractivity contribution in [2.45, 2.75) is 12.5 Å². The normalized spacial score (nSPS) is 24.3. The standard InChI is InChI=1S/C18H21N3O3/c22-18(15-4-3-10-23-15)21-9-11-24-16-13-20(8-6-14(16)12-21)17-5-1-2-7-19-17/h1-5,7,10,14,16H,6,8-9,11-13H2/t14-,16-/m1/s1. The van der Waals surface area contributed by atoms with Gasteiger partial charge in [0.1, 0.15) is 5.82 Å². The van der Waals surface area contributed by atoms with Crippen molar-refractivity contribution in [1.29, 1.82) is 0 Å². The SMILES string of the molecule is O=C(c1ccco1)N1CCO[C@@H]2CN(c3ccccn3)CC[C@@H]2C1. The molecule has 6 nitrogen and oxygen atoms in total. The quantitative estimate of drug-likeness (QED) is 0.845. The molecule has 2 atom stereocenters. The van der Waals surface area contributed by atoms with Crippen molar-refractivity contribution in [3.05, 3.63) is 48.6 Å². The minimum Gasteiger partial charge on any atom is -0.459 e. The molecule has 2 aliphatic heterocycles. The number of aromatic nitrogens is 1. The second kappa shape index (κ2) is 6.65. The minimum absolute atomic E-state index is 0.0450. The Morgan fingerprint density at radius 3 is 2.92 bits per heavy atom. The lowest BCUT2D eigenvalue weighted by Gasteiger charge is -2.38. The number of piperidine rings is 1. The zero-order valence-corrected chi connectivity index (χ0v) is 13.5. The molecule has 2 aromatic rings. The fourth-order valence-electron chi connectivity index (χ4n) is 3.54. The van der Waals surface area contributed by atoms with Crippen LogP contribution in [0.15, 0.2) is 47.2 Å². The summed E-state index contributed by atoms with van der Waals surface area (Å²) in [6.45, 7) is 3.65. The molecule has 0 radical (unpaired) electrons. The number of carbonyl (C=O) groups is 1. The van der Waals surface area contributed by atoms with Crippen LogP contribution in [0, 0.1) is 5.92 Å². The summed E-state index contributed by atoms with van der Waals surface area (Å²) in [6, 6.07) is 9.43. The molecule has 0 aliphatic carbocycles. The molecule has 6 heteroatoms. The van der Waals surface area contributed by atoms with E-state index in [2.05, 4.69) is 9.88 Å². The number of anilines is 1. The Kier molecular flexibility index (Phi) is 4.21. The molecule has 0 aromatic carbocycles. The maximum absolute atomic E-state index is 12.5. The highest BCUT2D eigenvalue weighted by Gasteiger charge is 2.35. The highest BCUT2D eigenvalue weighted by atomic mass is 16.5. The third kappa shape index (κ3) is 3.01. The summed E-state index contributed by atoms with van der Waals surface area (Å²) in [5, 5.41) is 0. The van der Waals surface area contributed by atoms with Crippen LogP contribution in [0.3, 0.4) is 0 Å². The predicted octanol–water partition coefficient (Wildman–Crippen LogP) is 2.04. The molecule has 2 saturated heterocycles. The third-order valence-electron chi connectivity index (χ3n) is 4.84. The Labute approximate surface area is 141 Å². The number of fused-ring (bicyclic) bond motifs is 1. The smallest absolute Gasteiger partial charge is 0.289 e. The Morgan fingerprint density at radius 1 is 1.17 bits per heavy atom. The van der Waals surface area contributed by atoms with Gasteiger partial charge in [0, 0.05) is 38.3 Å². The number of hydrogen-bond acceptors (Lipinski definition) is 5. The molecule has 0 saturated carbocycles. The molecule has 1 amide bonds. The van der Waals surface area contributed by atoms with Gasteiger partial charge in [-0.15, -0.1) is 0 Å². The van der Waals surface area contributed by atoms with Crippen LogP contribution < -0.4 is 4.90 Å². The van der Waals surface area contributed by atoms with Gasteiger partial charge in [-0.2, -0.15) is 0 Å². The van der Waals surface area contributed by atoms with Gasteiger partial charge in [-0.25, -0.2) is 4.98 Å². The van der Waals surface area contributed by atoms with Crippen molar-refractivity contribution < 1.29 is 13.9 Å². The molecule has 2 aromatic heterocycles. The van der Waals surface area contributed by atoms with Crippen LogP contribution in [0.4, 0.5) is 5.82 Å². The highest BCUT2D eigenvalue weighted by molar-refractivity contribution is 5.91. The second-order valence-corrected chi connectivity index (χ2v) is 6.32. The molecule has 0 spiro atoms. The van der Waals surface area contributed by atoms with E-state index in [0.29, 0.717) is 24.8 Å². The molecular weight excluding hydrogens is 306 g/mol. The number of rotatable bonds is 2. The molecule has 126 valence electrons. The molecule has 2 aliphatic rings. The maximum atomic E-state index is 12.5. The van der Waals surface area contributed by atoms with E-state index in [9.17, 15) is 4.79 Å². The molecule has 0 unspecified atom stereocenters. The number of hydrogen-bond donors (Lipinski definition) is 0. The third-order valence-corrected chi connectivity index (χ3v) is 4.84. The van der Waals surface area contributed by atoms with Gasteiger partial charge in [0.15, 0.2) is 5.76 Å². The summed E-state index contributed by atoms with van der Waals surface area (Å²) in [6.07, 6.45) is 4.48. The van der Waals surface area contributed by atoms with Crippen molar-refractivity contribution in [2.75, 3.05) is 37.7 Å². The maximum Gasteiger partial charge on any atom is 0.289 e. The van der Waals surface area contributed by atoms with Crippen LogP contribution in [-0.4, -0.2) is 54.7 Å². The first kappa shape index (κ1) is 15.2. The van der Waals surface area contributed by atoms with Gasteiger partial charge in [-0.05, 0) is 30.7 Å². The highest BCUT2D eigenvalue weighted by Crippen LogP contribution is 2.27. The number of ether oxygens (including phenoxy) is 1. The molecule has 0 N–H and O–H groups in total. The summed E-state index contributed by atoms with van der Waals surface area (Å²) in [7, 11) is 0. The van der Waals surface area contributed by atoms with Crippen LogP contribution in [-0.2, 0) is 4.74 Å². The summed E-state index contributed by atoms with van der Waals surface area (Å²) >= 11 is 0. The van der Waals surface area contributed by atoms with Crippen molar-refractivity contribution in [1.82, 2.24) is 9.88 Å². The molecule has 24 heavy (non-hydrogen) atoms. The zero-order chi connectivity index (χ0) is 16.4. The lowest BCUT2D eigenvalue weighted by atomic mass is 9.93. The van der Waals surface area contributed by atoms with Crippen LogP contribution in [0.2, 0.25) is 0 Å². The molecule has 4 heterocycles. The Morgan fingerprint density at radius 2 is 2.12 bits per heavy atom. The summed E-state index contributed by atoms with van der Waals surface area (Å²) in [4.78, 5) is 21.1. The van der Waals surface area contributed by atoms with Gasteiger partial charge in [-0.1, -0.05) is 6.07 Å². The topological polar surface area (TPSA) is 58.8 Å². The van der Waals surface area contributed by atoms with Gasteiger partial charge in [0.25, 0.3) is 5.91 Å². The van der Waals surface area contributed by atoms with Crippen molar-refractivity contribution in [3.63, 3.8) is 0 Å². The fraction of sp³-hybridized carbons (Fsp3) is 0.444. The lowest BCUT2D eigenvalue weighted by molar-refractivity contribution is 0.0251. The van der Waals surface area contributed by atoms with Crippen LogP contribution in [0.25, 0.3) is 0 Å². The van der Waals surface area contributed by atoms with Crippen LogP contribution >= 0.6 is 0 Å². The molecule has 4 rings (SSSR count). The number of nitrogens with zero attached hydrogens (tertiary/aromatic N) is 3. The van der Waals surface area contributed by atoms with E-state index in [1.54, 1.807) is 12.1 Å². The molecule has 0 bridgehead atoms. The van der Waals surface area contributed by atoms with E-state index in [4.69, 9.17) is 9.15 Å². The first-order chi connectivity index (χ1) is 11.8. The van der Waals surface area contributed by atoms with E-state index in [-0.39, 0.29) is 12.0 Å². The van der Waals surface area contributed by atoms with Gasteiger partial charge in [0.05, 0.1) is 19.0 Å². The first-order valence-electron chi connectivity index (χ1n) is 8.41. The van der Waals surface area contributed by atoms with Gasteiger partial charge < -0.3 is 19.0 Å². The number of pyridine rings is 1. The first-order valence-corrected chi connectivity index (χ1v) is 8.41. The lowest BCUT2D eigenvalue weighted by Crippen LogP contribution is -2.47. The second-order valence-electron chi connectivity index (χ2n) is 6.32. The van der Waals surface area contributed by atoms with Gasteiger partial charge in [-0.3, -0.25) is 4.79 Å². The van der Waals surface area contributed by atoms with E-state index in [0.717, 1.165) is 31.9 Å². The van der Waals surface area contributed by atoms with Crippen LogP contribution in [0.1, 0.15) is 17.0 Å². The fourth-order valence-corrected chi connectivity index (χ4v) is 3.54. The average Bonchev–Trinajstić information content (AvgIpc) is 3.08. The van der Waals surface area contributed by atoms with E-state index in [1.165, 1.54) is 6.26 Å². The van der Waals surface area contributed by atoms with Gasteiger partial charge in [0.2, 0.25) is 0 Å². The van der Waals surface area contributed by atoms with E-state index >= 15 is 0 Å². The average molecular weight is 327 g/mol. The van der Waals surface area contributed by atoms with Crippen molar-refractivity contribution in [2.24, 2.45) is 5.92 Å². The Bertz CT molecular complexity index is 674. The monoisotopic (exact) mass is 327 g/mol. The van der Waals surface area contributed by atoms with Crippen molar-refractivity contribution >= 4 is 11.7 Å². The minimum atomic E-state index is -0.0450.